The van der Waals surface area contributed by atoms with Crippen molar-refractivity contribution in [3.05, 3.63) is 18.3 Å². The molecule has 3 rings (SSSR count). The van der Waals surface area contributed by atoms with E-state index in [4.69, 9.17) is 4.99 Å². The molecule has 1 aliphatic heterocycles. The Balaban J connectivity index is 2.16. The Bertz CT molecular complexity index is 701. The fraction of sp³-hybridized carbons (Fsp3) is 0.571. The van der Waals surface area contributed by atoms with Crippen molar-refractivity contribution in [2.75, 3.05) is 5.75 Å². The molecule has 0 fully saturated rings. The summed E-state index contributed by atoms with van der Waals surface area (Å²) in [5.41, 5.74) is 2.78. The average Bonchev–Trinajstić information content (AvgIpc) is 3.04. The number of thioether (sulfide) groups is 1. The summed E-state index contributed by atoms with van der Waals surface area (Å²) < 4.78 is 2.28. The number of imidazole rings is 1. The molecule has 1 aliphatic rings. The number of hydrogen-bond donors (Lipinski definition) is 0. The van der Waals surface area contributed by atoms with Gasteiger partial charge in [0.25, 0.3) is 0 Å². The van der Waals surface area contributed by atoms with Crippen molar-refractivity contribution in [1.82, 2.24) is 19.2 Å². The molecule has 21 heavy (non-hydrogen) atoms. The van der Waals surface area contributed by atoms with Gasteiger partial charge >= 0.3 is 0 Å². The van der Waals surface area contributed by atoms with Crippen molar-refractivity contribution in [2.45, 2.75) is 39.5 Å². The van der Waals surface area contributed by atoms with Gasteiger partial charge in [0.1, 0.15) is 22.6 Å². The van der Waals surface area contributed by atoms with Crippen LogP contribution in [0.4, 0.5) is 0 Å². The number of hydrogen-bond acceptors (Lipinski definition) is 5. The second-order valence-corrected chi connectivity index (χ2v) is 12.6. The summed E-state index contributed by atoms with van der Waals surface area (Å²) in [7, 11) is -1.56. The molecule has 0 aromatic carbocycles. The topological polar surface area (TPSA) is 56.0 Å². The number of nitrogens with zero attached hydrogens (tertiary/aromatic N) is 5. The summed E-state index contributed by atoms with van der Waals surface area (Å²) in [4.78, 5) is 18.2. The van der Waals surface area contributed by atoms with Gasteiger partial charge in [0.2, 0.25) is 0 Å². The van der Waals surface area contributed by atoms with Crippen LogP contribution in [0.5, 0.6) is 0 Å². The zero-order valence-corrected chi connectivity index (χ0v) is 15.0. The highest BCUT2D eigenvalue weighted by molar-refractivity contribution is 8.14. The molecule has 0 saturated heterocycles. The van der Waals surface area contributed by atoms with E-state index in [-0.39, 0.29) is 0 Å². The monoisotopic (exact) mass is 319 g/mol. The molecule has 2 aromatic heterocycles. The normalized spacial score (nSPS) is 19.5. The molecule has 112 valence electrons. The van der Waals surface area contributed by atoms with E-state index in [9.17, 15) is 0 Å². The van der Waals surface area contributed by atoms with E-state index in [1.165, 1.54) is 0 Å². The molecule has 0 bridgehead atoms. The first-order chi connectivity index (χ1) is 9.88. The maximum atomic E-state index is 4.87. The third-order valence-corrected chi connectivity index (χ3v) is 6.57. The summed E-state index contributed by atoms with van der Waals surface area (Å²) in [6.45, 7) is 11.3. The highest BCUT2D eigenvalue weighted by atomic mass is 32.2. The average molecular weight is 320 g/mol. The molecule has 3 heterocycles. The van der Waals surface area contributed by atoms with E-state index in [0.717, 1.165) is 27.7 Å². The third kappa shape index (κ3) is 2.64. The van der Waals surface area contributed by atoms with Gasteiger partial charge < -0.3 is 4.23 Å². The molecule has 2 aromatic rings. The van der Waals surface area contributed by atoms with Crippen LogP contribution in [-0.2, 0) is 0 Å². The molecule has 0 spiro atoms. The minimum Gasteiger partial charge on any atom is -0.356 e. The Morgan fingerprint density at radius 2 is 2.00 bits per heavy atom. The molecular formula is C14H21N5SSi. The predicted octanol–water partition coefficient (Wildman–Crippen LogP) is 3.03. The van der Waals surface area contributed by atoms with E-state index in [2.05, 4.69) is 52.7 Å². The maximum absolute atomic E-state index is 4.87. The van der Waals surface area contributed by atoms with Gasteiger partial charge in [0.15, 0.2) is 13.9 Å². The molecule has 0 saturated carbocycles. The molecule has 1 unspecified atom stereocenters. The number of rotatable bonds is 3. The minimum atomic E-state index is -1.56. The van der Waals surface area contributed by atoms with Crippen LogP contribution in [0.2, 0.25) is 19.6 Å². The maximum Gasteiger partial charge on any atom is 0.180 e. The lowest BCUT2D eigenvalue weighted by Gasteiger charge is -2.19. The van der Waals surface area contributed by atoms with Crippen LogP contribution >= 0.6 is 11.8 Å². The first-order valence-electron chi connectivity index (χ1n) is 7.27. The quantitative estimate of drug-likeness (QED) is 0.816. The largest absolute Gasteiger partial charge is 0.356 e. The SMILES string of the molecule is CC(C)C1CSC(c2ncnc3ncn([Si](C)(C)C)c23)=N1. The molecule has 0 N–H and O–H groups in total. The van der Waals surface area contributed by atoms with Crippen LogP contribution in [-0.4, -0.2) is 44.3 Å². The smallest absolute Gasteiger partial charge is 0.180 e. The van der Waals surface area contributed by atoms with Crippen molar-refractivity contribution in [1.29, 1.82) is 0 Å². The van der Waals surface area contributed by atoms with Gasteiger partial charge in [-0.1, -0.05) is 33.5 Å². The summed E-state index contributed by atoms with van der Waals surface area (Å²) in [6.07, 6.45) is 3.51. The fourth-order valence-electron chi connectivity index (χ4n) is 2.38. The fourth-order valence-corrected chi connectivity index (χ4v) is 4.95. The lowest BCUT2D eigenvalue weighted by Crippen LogP contribution is -2.31. The lowest BCUT2D eigenvalue weighted by molar-refractivity contribution is 0.543. The predicted molar refractivity (Wildman–Crippen MR) is 91.7 cm³/mol. The van der Waals surface area contributed by atoms with Gasteiger partial charge in [-0.15, -0.1) is 11.8 Å². The van der Waals surface area contributed by atoms with E-state index < -0.39 is 8.24 Å². The Labute approximate surface area is 130 Å². The zero-order chi connectivity index (χ0) is 15.2. The zero-order valence-electron chi connectivity index (χ0n) is 13.2. The van der Waals surface area contributed by atoms with E-state index in [0.29, 0.717) is 12.0 Å². The van der Waals surface area contributed by atoms with Gasteiger partial charge in [0, 0.05) is 5.75 Å². The van der Waals surface area contributed by atoms with Gasteiger partial charge in [-0.05, 0) is 5.92 Å². The highest BCUT2D eigenvalue weighted by Gasteiger charge is 2.27. The van der Waals surface area contributed by atoms with Gasteiger partial charge in [-0.2, -0.15) is 0 Å². The van der Waals surface area contributed by atoms with Crippen molar-refractivity contribution in [2.24, 2.45) is 10.9 Å². The second kappa shape index (κ2) is 5.21. The van der Waals surface area contributed by atoms with Crippen LogP contribution < -0.4 is 0 Å². The van der Waals surface area contributed by atoms with E-state index >= 15 is 0 Å². The molecule has 0 radical (unpaired) electrons. The van der Waals surface area contributed by atoms with Crippen LogP contribution in [0.3, 0.4) is 0 Å². The highest BCUT2D eigenvalue weighted by Crippen LogP contribution is 2.29. The van der Waals surface area contributed by atoms with Crippen LogP contribution in [0.1, 0.15) is 19.5 Å². The molecule has 7 heteroatoms. The first-order valence-corrected chi connectivity index (χ1v) is 11.7. The summed E-state index contributed by atoms with van der Waals surface area (Å²) in [5.74, 6) is 1.61. The Kier molecular flexibility index (Phi) is 3.65. The van der Waals surface area contributed by atoms with Gasteiger partial charge in [-0.3, -0.25) is 4.99 Å². The van der Waals surface area contributed by atoms with Crippen LogP contribution in [0.15, 0.2) is 17.6 Å². The molecule has 0 amide bonds. The lowest BCUT2D eigenvalue weighted by atomic mass is 10.1. The summed E-state index contributed by atoms with van der Waals surface area (Å²) in [5, 5.41) is 1.04. The van der Waals surface area contributed by atoms with Gasteiger partial charge in [0.05, 0.1) is 12.4 Å². The molecule has 1 atom stereocenters. The first kappa shape index (κ1) is 14.7. The van der Waals surface area contributed by atoms with Crippen LogP contribution in [0, 0.1) is 5.92 Å². The second-order valence-electron chi connectivity index (χ2n) is 6.74. The molecule has 5 nitrogen and oxygen atoms in total. The standard InChI is InChI=1S/C14H21N5SSi/c1-9(2)10-6-20-14(18-10)11-12-13(16-7-15-11)17-8-19(12)21(3,4)5/h7-10H,6H2,1-5H3. The Morgan fingerprint density at radius 1 is 1.24 bits per heavy atom. The van der Waals surface area contributed by atoms with Gasteiger partial charge in [-0.25, -0.2) is 15.0 Å². The molecular weight excluding hydrogens is 298 g/mol. The third-order valence-electron chi connectivity index (χ3n) is 3.71. The number of aliphatic imine (C=N–C) groups is 1. The number of aromatic nitrogens is 4. The van der Waals surface area contributed by atoms with E-state index in [1.54, 1.807) is 18.1 Å². The molecule has 0 aliphatic carbocycles. The van der Waals surface area contributed by atoms with Crippen molar-refractivity contribution in [3.8, 4) is 0 Å². The Hall–Kier alpha value is -1.21. The minimum absolute atomic E-state index is 0.387. The van der Waals surface area contributed by atoms with Crippen molar-refractivity contribution in [3.63, 3.8) is 0 Å². The van der Waals surface area contributed by atoms with Crippen molar-refractivity contribution >= 4 is 36.2 Å². The van der Waals surface area contributed by atoms with Crippen LogP contribution in [0.25, 0.3) is 11.2 Å². The summed E-state index contributed by atoms with van der Waals surface area (Å²) >= 11 is 1.80. The number of fused-ring (bicyclic) bond motifs is 1. The van der Waals surface area contributed by atoms with E-state index in [1.807, 2.05) is 6.33 Å². The summed E-state index contributed by atoms with van der Waals surface area (Å²) in [6, 6.07) is 0.387. The Morgan fingerprint density at radius 3 is 2.62 bits per heavy atom. The van der Waals surface area contributed by atoms with Crippen molar-refractivity contribution < 1.29 is 0 Å².